The minimum atomic E-state index is -3.72. The fourth-order valence-corrected chi connectivity index (χ4v) is 4.03. The van der Waals surface area contributed by atoms with Crippen molar-refractivity contribution in [2.45, 2.75) is 44.1 Å². The molecule has 3 aromatic rings. The van der Waals surface area contributed by atoms with Gasteiger partial charge in [-0.05, 0) is 66.4 Å². The van der Waals surface area contributed by atoms with Crippen molar-refractivity contribution in [2.24, 2.45) is 0 Å². The van der Waals surface area contributed by atoms with Gasteiger partial charge in [-0.3, -0.25) is 9.52 Å². The Balaban J connectivity index is 1.60. The summed E-state index contributed by atoms with van der Waals surface area (Å²) in [7, 11) is -3.72. The summed E-state index contributed by atoms with van der Waals surface area (Å²) in [6.07, 6.45) is -0.723. The van der Waals surface area contributed by atoms with E-state index in [1.165, 1.54) is 17.7 Å². The van der Waals surface area contributed by atoms with Crippen molar-refractivity contribution in [3.63, 3.8) is 0 Å². The van der Waals surface area contributed by atoms with E-state index in [9.17, 15) is 13.2 Å². The highest BCUT2D eigenvalue weighted by Crippen LogP contribution is 2.25. The maximum Gasteiger partial charge on any atom is 0.265 e. The molecule has 7 heteroatoms. The molecule has 0 aromatic heterocycles. The van der Waals surface area contributed by atoms with E-state index >= 15 is 0 Å². The maximum absolute atomic E-state index is 12.5. The van der Waals surface area contributed by atoms with Crippen LogP contribution in [0.15, 0.2) is 83.8 Å². The van der Waals surface area contributed by atoms with E-state index < -0.39 is 16.1 Å². The number of amides is 1. The molecule has 3 rings (SSSR count). The lowest BCUT2D eigenvalue weighted by Crippen LogP contribution is -2.30. The van der Waals surface area contributed by atoms with Gasteiger partial charge in [0, 0.05) is 11.4 Å². The highest BCUT2D eigenvalue weighted by molar-refractivity contribution is 7.92. The van der Waals surface area contributed by atoms with Crippen LogP contribution in [0.4, 0.5) is 11.4 Å². The Kier molecular flexibility index (Phi) is 6.89. The van der Waals surface area contributed by atoms with Gasteiger partial charge in [0.25, 0.3) is 15.9 Å². The Bertz CT molecular complexity index is 1150. The molecule has 0 aliphatic heterocycles. The first-order chi connectivity index (χ1) is 15.0. The fourth-order valence-electron chi connectivity index (χ4n) is 2.97. The zero-order chi connectivity index (χ0) is 23.4. The summed E-state index contributed by atoms with van der Waals surface area (Å²) >= 11 is 0. The van der Waals surface area contributed by atoms with Crippen LogP contribution in [0.1, 0.15) is 33.3 Å². The Morgan fingerprint density at radius 1 is 0.844 bits per heavy atom. The van der Waals surface area contributed by atoms with E-state index in [0.717, 1.165) is 0 Å². The number of anilines is 2. The third-order valence-electron chi connectivity index (χ3n) is 4.86. The van der Waals surface area contributed by atoms with Crippen LogP contribution in [-0.2, 0) is 20.2 Å². The molecular weight excluding hydrogens is 424 g/mol. The molecule has 0 saturated heterocycles. The average molecular weight is 453 g/mol. The topological polar surface area (TPSA) is 84.5 Å². The van der Waals surface area contributed by atoms with Gasteiger partial charge < -0.3 is 10.1 Å². The molecule has 1 amide bonds. The van der Waals surface area contributed by atoms with Crippen molar-refractivity contribution >= 4 is 27.3 Å². The molecule has 0 aliphatic rings. The maximum atomic E-state index is 12.5. The van der Waals surface area contributed by atoms with Gasteiger partial charge in [-0.1, -0.05) is 51.1 Å². The second kappa shape index (κ2) is 9.44. The van der Waals surface area contributed by atoms with Crippen LogP contribution >= 0.6 is 0 Å². The Hall–Kier alpha value is -3.32. The summed E-state index contributed by atoms with van der Waals surface area (Å²) in [5.74, 6) is 0.275. The molecule has 0 heterocycles. The van der Waals surface area contributed by atoms with Crippen molar-refractivity contribution in [3.8, 4) is 5.75 Å². The number of sulfonamides is 1. The van der Waals surface area contributed by atoms with Crippen molar-refractivity contribution in [3.05, 3.63) is 84.4 Å². The first-order valence-electron chi connectivity index (χ1n) is 10.3. The van der Waals surface area contributed by atoms with Crippen molar-refractivity contribution in [2.75, 3.05) is 10.0 Å². The third kappa shape index (κ3) is 6.11. The van der Waals surface area contributed by atoms with Gasteiger partial charge in [0.2, 0.25) is 0 Å². The third-order valence-corrected chi connectivity index (χ3v) is 6.26. The van der Waals surface area contributed by atoms with Gasteiger partial charge in [0.05, 0.1) is 4.90 Å². The zero-order valence-corrected chi connectivity index (χ0v) is 19.4. The van der Waals surface area contributed by atoms with E-state index in [1.807, 2.05) is 24.3 Å². The number of carbonyl (C=O) groups excluding carboxylic acids is 1. The predicted octanol–water partition coefficient (Wildman–Crippen LogP) is 5.19. The second-order valence-electron chi connectivity index (χ2n) is 8.52. The number of nitrogens with one attached hydrogen (secondary N) is 2. The van der Waals surface area contributed by atoms with E-state index in [4.69, 9.17) is 4.74 Å². The quantitative estimate of drug-likeness (QED) is 0.517. The van der Waals surface area contributed by atoms with Crippen LogP contribution in [0.2, 0.25) is 0 Å². The van der Waals surface area contributed by atoms with Crippen LogP contribution in [-0.4, -0.2) is 20.4 Å². The van der Waals surface area contributed by atoms with Gasteiger partial charge >= 0.3 is 0 Å². The van der Waals surface area contributed by atoms with E-state index in [2.05, 4.69) is 30.8 Å². The molecule has 32 heavy (non-hydrogen) atoms. The van der Waals surface area contributed by atoms with Gasteiger partial charge in [0.1, 0.15) is 5.75 Å². The molecule has 0 spiro atoms. The number of para-hydroxylation sites is 1. The van der Waals surface area contributed by atoms with Crippen LogP contribution in [0.25, 0.3) is 0 Å². The SMILES string of the molecule is CC(Oc1ccc(C(C)(C)C)cc1)C(=O)Nc1ccc(S(=O)(=O)Nc2ccccc2)cc1. The van der Waals surface area contributed by atoms with Gasteiger partial charge in [-0.25, -0.2) is 8.42 Å². The van der Waals surface area contributed by atoms with E-state index in [-0.39, 0.29) is 16.2 Å². The van der Waals surface area contributed by atoms with Crippen LogP contribution < -0.4 is 14.8 Å². The minimum absolute atomic E-state index is 0.0395. The van der Waals surface area contributed by atoms with Crippen molar-refractivity contribution in [1.29, 1.82) is 0 Å². The lowest BCUT2D eigenvalue weighted by atomic mass is 9.87. The molecule has 2 N–H and O–H groups in total. The first-order valence-corrected chi connectivity index (χ1v) is 11.8. The van der Waals surface area contributed by atoms with E-state index in [0.29, 0.717) is 17.1 Å². The van der Waals surface area contributed by atoms with Crippen LogP contribution in [0.3, 0.4) is 0 Å². The highest BCUT2D eigenvalue weighted by atomic mass is 32.2. The minimum Gasteiger partial charge on any atom is -0.481 e. The highest BCUT2D eigenvalue weighted by Gasteiger charge is 2.18. The molecule has 0 aliphatic carbocycles. The average Bonchev–Trinajstić information content (AvgIpc) is 2.74. The number of ether oxygens (including phenoxy) is 1. The summed E-state index contributed by atoms with van der Waals surface area (Å²) in [4.78, 5) is 12.6. The first kappa shape index (κ1) is 23.3. The molecule has 0 bridgehead atoms. The normalized spacial score (nSPS) is 12.6. The predicted molar refractivity (Wildman–Crippen MR) is 128 cm³/mol. The summed E-state index contributed by atoms with van der Waals surface area (Å²) in [5, 5.41) is 2.75. The molecule has 3 aromatic carbocycles. The number of rotatable bonds is 7. The lowest BCUT2D eigenvalue weighted by molar-refractivity contribution is -0.122. The largest absolute Gasteiger partial charge is 0.481 e. The molecule has 6 nitrogen and oxygen atoms in total. The number of benzene rings is 3. The molecule has 0 saturated carbocycles. The Labute approximate surface area is 189 Å². The van der Waals surface area contributed by atoms with Gasteiger partial charge in [-0.2, -0.15) is 0 Å². The molecule has 1 unspecified atom stereocenters. The molecule has 168 valence electrons. The lowest BCUT2D eigenvalue weighted by Gasteiger charge is -2.20. The Morgan fingerprint density at radius 2 is 1.44 bits per heavy atom. The van der Waals surface area contributed by atoms with Crippen molar-refractivity contribution < 1.29 is 17.9 Å². The van der Waals surface area contributed by atoms with E-state index in [1.54, 1.807) is 49.4 Å². The molecular formula is C25H28N2O4S. The molecule has 0 radical (unpaired) electrons. The monoisotopic (exact) mass is 452 g/mol. The summed E-state index contributed by atoms with van der Waals surface area (Å²) in [6, 6.07) is 22.3. The van der Waals surface area contributed by atoms with Gasteiger partial charge in [-0.15, -0.1) is 0 Å². The summed E-state index contributed by atoms with van der Waals surface area (Å²) < 4.78 is 33.3. The second-order valence-corrected chi connectivity index (χ2v) is 10.2. The summed E-state index contributed by atoms with van der Waals surface area (Å²) in [6.45, 7) is 8.06. The van der Waals surface area contributed by atoms with Crippen LogP contribution in [0, 0.1) is 0 Å². The number of hydrogen-bond donors (Lipinski definition) is 2. The molecule has 1 atom stereocenters. The summed E-state index contributed by atoms with van der Waals surface area (Å²) in [5.41, 5.74) is 2.18. The fraction of sp³-hybridized carbons (Fsp3) is 0.240. The Morgan fingerprint density at radius 3 is 2.00 bits per heavy atom. The number of carbonyl (C=O) groups is 1. The number of hydrogen-bond acceptors (Lipinski definition) is 4. The standard InChI is InChI=1S/C25H28N2O4S/c1-18(31-22-14-10-19(11-15-22)25(2,3)4)24(28)26-20-12-16-23(17-13-20)32(29,30)27-21-8-6-5-7-9-21/h5-18,27H,1-4H3,(H,26,28). The van der Waals surface area contributed by atoms with Crippen LogP contribution in [0.5, 0.6) is 5.75 Å². The smallest absolute Gasteiger partial charge is 0.265 e. The van der Waals surface area contributed by atoms with Gasteiger partial charge in [0.15, 0.2) is 6.10 Å². The zero-order valence-electron chi connectivity index (χ0n) is 18.6. The molecule has 0 fully saturated rings. The van der Waals surface area contributed by atoms with Crippen molar-refractivity contribution in [1.82, 2.24) is 0 Å².